The second kappa shape index (κ2) is 12.3. The summed E-state index contributed by atoms with van der Waals surface area (Å²) in [5.74, 6) is 1.58. The van der Waals surface area contributed by atoms with Gasteiger partial charge in [-0.05, 0) is 44.5 Å². The van der Waals surface area contributed by atoms with Gasteiger partial charge in [-0.2, -0.15) is 0 Å². The summed E-state index contributed by atoms with van der Waals surface area (Å²) in [6.45, 7) is 5.23. The molecular weight excluding hydrogens is 372 g/mol. The molecule has 2 N–H and O–H groups in total. The van der Waals surface area contributed by atoms with Crippen molar-refractivity contribution in [2.45, 2.75) is 26.7 Å². The number of rotatable bonds is 12. The minimum Gasteiger partial charge on any atom is -0.490 e. The largest absolute Gasteiger partial charge is 0.490 e. The summed E-state index contributed by atoms with van der Waals surface area (Å²) in [7, 11) is 0. The average Bonchev–Trinajstić information content (AvgIpc) is 2.71. The van der Waals surface area contributed by atoms with Crippen LogP contribution in [0.25, 0.3) is 0 Å². The van der Waals surface area contributed by atoms with Gasteiger partial charge in [0.2, 0.25) is 5.91 Å². The maximum Gasteiger partial charge on any atom is 0.257 e. The summed E-state index contributed by atoms with van der Waals surface area (Å²) in [5.41, 5.74) is 0.617. The Hall–Kier alpha value is -3.22. The minimum absolute atomic E-state index is 0.0637. The van der Waals surface area contributed by atoms with Crippen LogP contribution in [-0.2, 0) is 9.59 Å². The fourth-order valence-corrected chi connectivity index (χ4v) is 2.54. The Labute approximate surface area is 171 Å². The van der Waals surface area contributed by atoms with Crippen LogP contribution in [0.2, 0.25) is 0 Å². The highest BCUT2D eigenvalue weighted by atomic mass is 16.5. The molecule has 0 radical (unpaired) electrons. The van der Waals surface area contributed by atoms with Crippen molar-refractivity contribution in [2.75, 3.05) is 31.7 Å². The van der Waals surface area contributed by atoms with Crippen LogP contribution >= 0.6 is 0 Å². The number of benzene rings is 2. The summed E-state index contributed by atoms with van der Waals surface area (Å²) in [6, 6.07) is 14.4. The number of nitrogens with one attached hydrogen (secondary N) is 2. The topological polar surface area (TPSA) is 85.9 Å². The molecule has 0 aliphatic heterocycles. The first-order valence-corrected chi connectivity index (χ1v) is 9.76. The molecule has 0 aliphatic rings. The van der Waals surface area contributed by atoms with Crippen molar-refractivity contribution in [1.29, 1.82) is 0 Å². The van der Waals surface area contributed by atoms with Gasteiger partial charge < -0.3 is 24.8 Å². The van der Waals surface area contributed by atoms with Gasteiger partial charge in [-0.1, -0.05) is 18.2 Å². The van der Waals surface area contributed by atoms with E-state index in [1.54, 1.807) is 24.3 Å². The van der Waals surface area contributed by atoms with Crippen LogP contribution in [0, 0.1) is 0 Å². The maximum absolute atomic E-state index is 12.2. The number of ether oxygens (including phenoxy) is 3. The van der Waals surface area contributed by atoms with Crippen LogP contribution < -0.4 is 24.8 Å². The molecule has 2 amide bonds. The third-order valence-corrected chi connectivity index (χ3v) is 3.82. The third-order valence-electron chi connectivity index (χ3n) is 3.82. The molecule has 7 heteroatoms. The molecule has 0 atom stereocenters. The predicted molar refractivity (Wildman–Crippen MR) is 112 cm³/mol. The Morgan fingerprint density at radius 3 is 2.38 bits per heavy atom. The molecule has 0 saturated heterocycles. The number of anilines is 1. The maximum atomic E-state index is 12.2. The molecule has 0 fully saturated rings. The minimum atomic E-state index is -0.187. The first-order chi connectivity index (χ1) is 14.1. The van der Waals surface area contributed by atoms with Crippen molar-refractivity contribution < 1.29 is 23.8 Å². The predicted octanol–water partition coefficient (Wildman–Crippen LogP) is 3.40. The first kappa shape index (κ1) is 22.1. The van der Waals surface area contributed by atoms with Crippen molar-refractivity contribution in [3.05, 3.63) is 48.5 Å². The van der Waals surface area contributed by atoms with E-state index in [1.807, 2.05) is 38.1 Å². The van der Waals surface area contributed by atoms with Gasteiger partial charge in [-0.15, -0.1) is 0 Å². The van der Waals surface area contributed by atoms with E-state index in [1.165, 1.54) is 0 Å². The Kier molecular flexibility index (Phi) is 9.35. The number of likely N-dealkylation sites (N-methyl/N-ethyl adjacent to an activating group) is 1. The zero-order valence-corrected chi connectivity index (χ0v) is 16.9. The molecule has 29 heavy (non-hydrogen) atoms. The monoisotopic (exact) mass is 400 g/mol. The molecule has 0 spiro atoms. The van der Waals surface area contributed by atoms with E-state index in [9.17, 15) is 9.59 Å². The molecule has 2 aromatic rings. The molecule has 0 bridgehead atoms. The highest BCUT2D eigenvalue weighted by molar-refractivity contribution is 5.90. The summed E-state index contributed by atoms with van der Waals surface area (Å²) >= 11 is 0. The van der Waals surface area contributed by atoms with Gasteiger partial charge >= 0.3 is 0 Å². The molecule has 0 aliphatic carbocycles. The quantitative estimate of drug-likeness (QED) is 0.534. The van der Waals surface area contributed by atoms with Gasteiger partial charge in [-0.25, -0.2) is 0 Å². The first-order valence-electron chi connectivity index (χ1n) is 9.76. The molecule has 0 unspecified atom stereocenters. The summed E-state index contributed by atoms with van der Waals surface area (Å²) < 4.78 is 16.7. The lowest BCUT2D eigenvalue weighted by atomic mass is 10.2. The number of hydrogen-bond acceptors (Lipinski definition) is 5. The molecule has 7 nitrogen and oxygen atoms in total. The molecule has 0 saturated carbocycles. The molecule has 2 aromatic carbocycles. The number of para-hydroxylation sites is 2. The van der Waals surface area contributed by atoms with Crippen LogP contribution in [0.15, 0.2) is 48.5 Å². The van der Waals surface area contributed by atoms with E-state index in [4.69, 9.17) is 14.2 Å². The standard InChI is InChI=1S/C22H28N2O5/c1-3-23-22(26)16-29-18-10-7-9-17(15-18)24-21(25)13-8-14-28-20-12-6-5-11-19(20)27-4-2/h5-7,9-12,15H,3-4,8,13-14,16H2,1-2H3,(H,23,26)(H,24,25). The lowest BCUT2D eigenvalue weighted by Gasteiger charge is -2.12. The second-order valence-electron chi connectivity index (χ2n) is 6.15. The van der Waals surface area contributed by atoms with Gasteiger partial charge in [-0.3, -0.25) is 9.59 Å². The van der Waals surface area contributed by atoms with E-state index in [2.05, 4.69) is 10.6 Å². The number of hydrogen-bond donors (Lipinski definition) is 2. The van der Waals surface area contributed by atoms with Crippen molar-refractivity contribution in [1.82, 2.24) is 5.32 Å². The lowest BCUT2D eigenvalue weighted by Crippen LogP contribution is -2.28. The normalized spacial score (nSPS) is 10.1. The molecular formula is C22H28N2O5. The fraction of sp³-hybridized carbons (Fsp3) is 0.364. The average molecular weight is 400 g/mol. The van der Waals surface area contributed by atoms with Crippen molar-refractivity contribution in [3.63, 3.8) is 0 Å². The van der Waals surface area contributed by atoms with Crippen LogP contribution in [0.4, 0.5) is 5.69 Å². The highest BCUT2D eigenvalue weighted by Gasteiger charge is 2.07. The van der Waals surface area contributed by atoms with Crippen molar-refractivity contribution in [3.8, 4) is 17.2 Å². The molecule has 2 rings (SSSR count). The molecule has 0 aromatic heterocycles. The lowest BCUT2D eigenvalue weighted by molar-refractivity contribution is -0.123. The van der Waals surface area contributed by atoms with Crippen molar-refractivity contribution in [2.24, 2.45) is 0 Å². The van der Waals surface area contributed by atoms with E-state index in [0.717, 1.165) is 0 Å². The van der Waals surface area contributed by atoms with Crippen LogP contribution in [0.3, 0.4) is 0 Å². The Morgan fingerprint density at radius 2 is 1.66 bits per heavy atom. The molecule has 156 valence electrons. The summed E-state index contributed by atoms with van der Waals surface area (Å²) in [6.07, 6.45) is 0.889. The Morgan fingerprint density at radius 1 is 0.897 bits per heavy atom. The smallest absolute Gasteiger partial charge is 0.257 e. The van der Waals surface area contributed by atoms with E-state index < -0.39 is 0 Å². The highest BCUT2D eigenvalue weighted by Crippen LogP contribution is 2.26. The van der Waals surface area contributed by atoms with Crippen LogP contribution in [0.1, 0.15) is 26.7 Å². The van der Waals surface area contributed by atoms with Gasteiger partial charge in [0.05, 0.1) is 13.2 Å². The number of amides is 2. The summed E-state index contributed by atoms with van der Waals surface area (Å²) in [5, 5.41) is 5.49. The van der Waals surface area contributed by atoms with Gasteiger partial charge in [0.15, 0.2) is 18.1 Å². The van der Waals surface area contributed by atoms with Gasteiger partial charge in [0, 0.05) is 24.7 Å². The number of carbonyl (C=O) groups is 2. The Bertz CT molecular complexity index is 794. The zero-order chi connectivity index (χ0) is 20.9. The van der Waals surface area contributed by atoms with E-state index >= 15 is 0 Å². The fourth-order valence-electron chi connectivity index (χ4n) is 2.54. The zero-order valence-electron chi connectivity index (χ0n) is 16.9. The second-order valence-corrected chi connectivity index (χ2v) is 6.15. The number of carbonyl (C=O) groups excluding carboxylic acids is 2. The summed E-state index contributed by atoms with van der Waals surface area (Å²) in [4.78, 5) is 23.6. The van der Waals surface area contributed by atoms with Gasteiger partial charge in [0.1, 0.15) is 5.75 Å². The SMILES string of the molecule is CCNC(=O)COc1cccc(NC(=O)CCCOc2ccccc2OCC)c1. The van der Waals surface area contributed by atoms with Crippen molar-refractivity contribution >= 4 is 17.5 Å². The Balaban J connectivity index is 1.74. The van der Waals surface area contributed by atoms with Gasteiger partial charge in [0.25, 0.3) is 5.91 Å². The van der Waals surface area contributed by atoms with E-state index in [-0.39, 0.29) is 18.4 Å². The van der Waals surface area contributed by atoms with E-state index in [0.29, 0.717) is 55.5 Å². The van der Waals surface area contributed by atoms with Crippen LogP contribution in [0.5, 0.6) is 17.2 Å². The molecule has 0 heterocycles. The third kappa shape index (κ3) is 8.13. The van der Waals surface area contributed by atoms with Crippen LogP contribution in [-0.4, -0.2) is 38.2 Å².